The van der Waals surface area contributed by atoms with E-state index in [0.29, 0.717) is 17.8 Å². The Morgan fingerprint density at radius 1 is 1.56 bits per heavy atom. The van der Waals surface area contributed by atoms with Crippen LogP contribution in [0.1, 0.15) is 24.2 Å². The number of aliphatic hydroxyl groups excluding tert-OH is 1. The van der Waals surface area contributed by atoms with Gasteiger partial charge in [-0.3, -0.25) is 4.79 Å². The van der Waals surface area contributed by atoms with E-state index < -0.39 is 11.9 Å². The van der Waals surface area contributed by atoms with Crippen LogP contribution in [0.4, 0.5) is 10.1 Å². The summed E-state index contributed by atoms with van der Waals surface area (Å²) in [5.41, 5.74) is 0.970. The number of benzene rings is 1. The minimum atomic E-state index is -0.505. The van der Waals surface area contributed by atoms with Gasteiger partial charge in [0.25, 0.3) is 0 Å². The predicted molar refractivity (Wildman–Crippen MR) is 61.4 cm³/mol. The number of carbonyl (C=O) groups is 1. The zero-order valence-corrected chi connectivity index (χ0v) is 9.70. The largest absolute Gasteiger partial charge is 0.392 e. The minimum Gasteiger partial charge on any atom is -0.392 e. The molecule has 1 rings (SSSR count). The Morgan fingerprint density at radius 2 is 2.19 bits per heavy atom. The number of ketones is 1. The van der Waals surface area contributed by atoms with Crippen LogP contribution in [0.3, 0.4) is 0 Å². The van der Waals surface area contributed by atoms with Gasteiger partial charge in [0.15, 0.2) is 5.78 Å². The molecule has 0 amide bonds. The standard InChI is InChI=1S/C12H16FNO2/c1-8(15)7-14(3)12-5-4-10(13)6-11(12)9(2)16/h4-6,8,15H,7H2,1-3H3. The van der Waals surface area contributed by atoms with Gasteiger partial charge in [-0.15, -0.1) is 0 Å². The molecule has 0 saturated heterocycles. The molecule has 0 spiro atoms. The van der Waals surface area contributed by atoms with E-state index in [9.17, 15) is 14.3 Å². The highest BCUT2D eigenvalue weighted by Gasteiger charge is 2.13. The third-order valence-electron chi connectivity index (χ3n) is 2.29. The number of carbonyl (C=O) groups excluding carboxylic acids is 1. The van der Waals surface area contributed by atoms with Crippen molar-refractivity contribution >= 4 is 11.5 Å². The van der Waals surface area contributed by atoms with Crippen molar-refractivity contribution in [1.29, 1.82) is 0 Å². The molecule has 1 N–H and O–H groups in total. The van der Waals surface area contributed by atoms with Gasteiger partial charge >= 0.3 is 0 Å². The number of halogens is 1. The fraction of sp³-hybridized carbons (Fsp3) is 0.417. The van der Waals surface area contributed by atoms with E-state index in [0.717, 1.165) is 0 Å². The van der Waals surface area contributed by atoms with Crippen LogP contribution in [0.2, 0.25) is 0 Å². The molecule has 0 aliphatic carbocycles. The molecule has 1 atom stereocenters. The minimum absolute atomic E-state index is 0.188. The topological polar surface area (TPSA) is 40.5 Å². The molecule has 0 bridgehead atoms. The van der Waals surface area contributed by atoms with Crippen LogP contribution in [0.5, 0.6) is 0 Å². The Hall–Kier alpha value is -1.42. The second-order valence-electron chi connectivity index (χ2n) is 3.95. The molecule has 4 heteroatoms. The third kappa shape index (κ3) is 3.03. The summed E-state index contributed by atoms with van der Waals surface area (Å²) in [6.45, 7) is 3.45. The van der Waals surface area contributed by atoms with E-state index in [1.807, 2.05) is 0 Å². The maximum absolute atomic E-state index is 13.0. The van der Waals surface area contributed by atoms with Crippen LogP contribution in [-0.4, -0.2) is 30.6 Å². The van der Waals surface area contributed by atoms with Gasteiger partial charge in [0.1, 0.15) is 5.82 Å². The number of Topliss-reactive ketones (excluding diaryl/α,β-unsaturated/α-hetero) is 1. The predicted octanol–water partition coefficient (Wildman–Crippen LogP) is 1.85. The quantitative estimate of drug-likeness (QED) is 0.795. The number of rotatable bonds is 4. The summed E-state index contributed by atoms with van der Waals surface area (Å²) in [5.74, 6) is -0.619. The van der Waals surface area contributed by atoms with E-state index in [1.165, 1.54) is 19.1 Å². The van der Waals surface area contributed by atoms with Crippen molar-refractivity contribution in [2.24, 2.45) is 0 Å². The maximum Gasteiger partial charge on any atom is 0.161 e. The van der Waals surface area contributed by atoms with Crippen LogP contribution in [0.15, 0.2) is 18.2 Å². The first-order chi connectivity index (χ1) is 7.41. The third-order valence-corrected chi connectivity index (χ3v) is 2.29. The summed E-state index contributed by atoms with van der Waals surface area (Å²) in [7, 11) is 1.76. The number of nitrogens with zero attached hydrogens (tertiary/aromatic N) is 1. The van der Waals surface area contributed by atoms with E-state index >= 15 is 0 Å². The molecule has 0 heterocycles. The zero-order chi connectivity index (χ0) is 12.3. The van der Waals surface area contributed by atoms with Gasteiger partial charge in [-0.1, -0.05) is 0 Å². The first kappa shape index (κ1) is 12.6. The van der Waals surface area contributed by atoms with Gasteiger partial charge in [0.05, 0.1) is 6.10 Å². The van der Waals surface area contributed by atoms with Gasteiger partial charge in [0.2, 0.25) is 0 Å². The Labute approximate surface area is 94.5 Å². The summed E-state index contributed by atoms with van der Waals surface area (Å²) < 4.78 is 13.0. The number of likely N-dealkylation sites (N-methyl/N-ethyl adjacent to an activating group) is 1. The summed E-state index contributed by atoms with van der Waals surface area (Å²) >= 11 is 0. The lowest BCUT2D eigenvalue weighted by molar-refractivity contribution is 0.101. The van der Waals surface area contributed by atoms with Crippen LogP contribution < -0.4 is 4.90 Å². The summed E-state index contributed by atoms with van der Waals surface area (Å²) in [4.78, 5) is 13.1. The molecule has 0 saturated carbocycles. The Morgan fingerprint density at radius 3 is 2.69 bits per heavy atom. The van der Waals surface area contributed by atoms with Crippen LogP contribution in [0, 0.1) is 5.82 Å². The Kier molecular flexibility index (Phi) is 4.01. The van der Waals surface area contributed by atoms with Crippen molar-refractivity contribution in [2.45, 2.75) is 20.0 Å². The van der Waals surface area contributed by atoms with Crippen molar-refractivity contribution in [2.75, 3.05) is 18.5 Å². The average molecular weight is 225 g/mol. The summed E-state index contributed by atoms with van der Waals surface area (Å²) in [6, 6.07) is 4.07. The lowest BCUT2D eigenvalue weighted by Gasteiger charge is -2.23. The van der Waals surface area contributed by atoms with E-state index in [-0.39, 0.29) is 5.78 Å². The van der Waals surface area contributed by atoms with Crippen LogP contribution >= 0.6 is 0 Å². The first-order valence-electron chi connectivity index (χ1n) is 5.11. The second kappa shape index (κ2) is 5.07. The zero-order valence-electron chi connectivity index (χ0n) is 9.70. The molecule has 1 aromatic carbocycles. The van der Waals surface area contributed by atoms with Gasteiger partial charge in [0, 0.05) is 24.8 Å². The van der Waals surface area contributed by atoms with Crippen molar-refractivity contribution in [3.63, 3.8) is 0 Å². The second-order valence-corrected chi connectivity index (χ2v) is 3.95. The normalized spacial score (nSPS) is 12.3. The van der Waals surface area contributed by atoms with Crippen LogP contribution in [-0.2, 0) is 0 Å². The highest BCUT2D eigenvalue weighted by Crippen LogP contribution is 2.21. The lowest BCUT2D eigenvalue weighted by Crippen LogP contribution is -2.28. The molecule has 16 heavy (non-hydrogen) atoms. The molecule has 0 aliphatic heterocycles. The number of hydrogen-bond acceptors (Lipinski definition) is 3. The highest BCUT2D eigenvalue weighted by molar-refractivity contribution is 5.99. The van der Waals surface area contributed by atoms with Gasteiger partial charge in [-0.05, 0) is 32.0 Å². The number of aliphatic hydroxyl groups is 1. The monoisotopic (exact) mass is 225 g/mol. The van der Waals surface area contributed by atoms with Crippen molar-refractivity contribution in [3.8, 4) is 0 Å². The first-order valence-corrected chi connectivity index (χ1v) is 5.11. The number of hydrogen-bond donors (Lipinski definition) is 1. The summed E-state index contributed by atoms with van der Waals surface area (Å²) in [5, 5.41) is 9.27. The molecule has 1 unspecified atom stereocenters. The molecule has 88 valence electrons. The maximum atomic E-state index is 13.0. The Balaban J connectivity index is 3.07. The molecular formula is C12H16FNO2. The molecule has 0 fully saturated rings. The molecule has 0 aromatic heterocycles. The smallest absolute Gasteiger partial charge is 0.161 e. The SMILES string of the molecule is CC(=O)c1cc(F)ccc1N(C)CC(C)O. The van der Waals surface area contributed by atoms with E-state index in [4.69, 9.17) is 0 Å². The molecule has 1 aromatic rings. The fourth-order valence-corrected chi connectivity index (χ4v) is 1.62. The lowest BCUT2D eigenvalue weighted by atomic mass is 10.1. The Bertz CT molecular complexity index is 391. The molecular weight excluding hydrogens is 209 g/mol. The summed E-state index contributed by atoms with van der Waals surface area (Å²) in [6.07, 6.45) is -0.505. The average Bonchev–Trinajstić information content (AvgIpc) is 2.16. The number of anilines is 1. The molecule has 0 radical (unpaired) electrons. The van der Waals surface area contributed by atoms with Crippen LogP contribution in [0.25, 0.3) is 0 Å². The highest BCUT2D eigenvalue weighted by atomic mass is 19.1. The fourth-order valence-electron chi connectivity index (χ4n) is 1.62. The van der Waals surface area contributed by atoms with Crippen molar-refractivity contribution in [3.05, 3.63) is 29.6 Å². The van der Waals surface area contributed by atoms with Gasteiger partial charge < -0.3 is 10.0 Å². The molecule has 3 nitrogen and oxygen atoms in total. The van der Waals surface area contributed by atoms with Crippen molar-refractivity contribution < 1.29 is 14.3 Å². The van der Waals surface area contributed by atoms with Crippen molar-refractivity contribution in [1.82, 2.24) is 0 Å². The molecule has 0 aliphatic rings. The van der Waals surface area contributed by atoms with E-state index in [1.54, 1.807) is 24.9 Å². The van der Waals surface area contributed by atoms with Gasteiger partial charge in [-0.2, -0.15) is 0 Å². The van der Waals surface area contributed by atoms with E-state index in [2.05, 4.69) is 0 Å². The van der Waals surface area contributed by atoms with Gasteiger partial charge in [-0.25, -0.2) is 4.39 Å².